The van der Waals surface area contributed by atoms with E-state index in [1.807, 2.05) is 26.0 Å². The maximum absolute atomic E-state index is 12.3. The summed E-state index contributed by atoms with van der Waals surface area (Å²) in [5, 5.41) is 5.94. The van der Waals surface area contributed by atoms with Gasteiger partial charge in [-0.2, -0.15) is 0 Å². The molecule has 0 spiro atoms. The lowest BCUT2D eigenvalue weighted by atomic mass is 10.1. The predicted octanol–water partition coefficient (Wildman–Crippen LogP) is 4.53. The number of Topliss-reactive ketones (excluding diaryl/α,β-unsaturated/α-hetero) is 1. The lowest BCUT2D eigenvalue weighted by Crippen LogP contribution is -2.13. The van der Waals surface area contributed by atoms with Crippen molar-refractivity contribution >= 4 is 61.3 Å². The maximum Gasteiger partial charge on any atom is 0.226 e. The SMILES string of the molecule is CC(=O)Nc1ccc2nc(NC(=O)CCC(=O)c3cc(C)sc3C)sc2c1. The molecule has 0 aliphatic carbocycles. The van der Waals surface area contributed by atoms with Crippen molar-refractivity contribution in [3.8, 4) is 0 Å². The minimum atomic E-state index is -0.242. The second-order valence-electron chi connectivity index (χ2n) is 6.18. The summed E-state index contributed by atoms with van der Waals surface area (Å²) in [5.41, 5.74) is 2.13. The Balaban J connectivity index is 1.61. The summed E-state index contributed by atoms with van der Waals surface area (Å²) in [7, 11) is 0. The van der Waals surface area contributed by atoms with Gasteiger partial charge in [-0.05, 0) is 38.1 Å². The molecule has 0 saturated heterocycles. The van der Waals surface area contributed by atoms with Crippen LogP contribution < -0.4 is 10.6 Å². The van der Waals surface area contributed by atoms with E-state index in [1.165, 1.54) is 18.3 Å². The molecule has 3 aromatic rings. The van der Waals surface area contributed by atoms with Crippen LogP contribution in [0.5, 0.6) is 0 Å². The summed E-state index contributed by atoms with van der Waals surface area (Å²) < 4.78 is 0.858. The fraction of sp³-hybridized carbons (Fsp3) is 0.263. The Morgan fingerprint density at radius 2 is 1.81 bits per heavy atom. The van der Waals surface area contributed by atoms with Crippen LogP contribution in [-0.4, -0.2) is 22.6 Å². The number of thiazole rings is 1. The zero-order valence-corrected chi connectivity index (χ0v) is 16.8. The van der Waals surface area contributed by atoms with Gasteiger partial charge in [0.15, 0.2) is 10.9 Å². The molecule has 0 unspecified atom stereocenters. The first-order valence-electron chi connectivity index (χ1n) is 8.40. The number of rotatable bonds is 6. The number of amides is 2. The summed E-state index contributed by atoms with van der Waals surface area (Å²) in [4.78, 5) is 42.0. The second-order valence-corrected chi connectivity index (χ2v) is 8.67. The van der Waals surface area contributed by atoms with E-state index in [0.29, 0.717) is 16.4 Å². The lowest BCUT2D eigenvalue weighted by Gasteiger charge is -2.01. The number of benzene rings is 1. The summed E-state index contributed by atoms with van der Waals surface area (Å²) >= 11 is 2.91. The van der Waals surface area contributed by atoms with Crippen molar-refractivity contribution in [2.24, 2.45) is 0 Å². The number of hydrogen-bond donors (Lipinski definition) is 2. The van der Waals surface area contributed by atoms with Gasteiger partial charge in [0.25, 0.3) is 0 Å². The van der Waals surface area contributed by atoms with Crippen LogP contribution in [0.25, 0.3) is 10.2 Å². The number of carbonyl (C=O) groups excluding carboxylic acids is 3. The lowest BCUT2D eigenvalue weighted by molar-refractivity contribution is -0.116. The van der Waals surface area contributed by atoms with Crippen LogP contribution in [-0.2, 0) is 9.59 Å². The normalized spacial score (nSPS) is 10.8. The van der Waals surface area contributed by atoms with Crippen molar-refractivity contribution in [3.05, 3.63) is 39.6 Å². The minimum absolute atomic E-state index is 0.0174. The quantitative estimate of drug-likeness (QED) is 0.594. The molecule has 2 N–H and O–H groups in total. The van der Waals surface area contributed by atoms with Gasteiger partial charge in [0.2, 0.25) is 11.8 Å². The fourth-order valence-corrected chi connectivity index (χ4v) is 4.57. The zero-order valence-electron chi connectivity index (χ0n) is 15.2. The summed E-state index contributed by atoms with van der Waals surface area (Å²) in [6, 6.07) is 7.24. The Morgan fingerprint density at radius 1 is 1.04 bits per heavy atom. The molecule has 27 heavy (non-hydrogen) atoms. The standard InChI is InChI=1S/C19H19N3O3S2/c1-10-8-14(11(2)26-10)16(24)6-7-18(25)22-19-21-15-5-4-13(20-12(3)23)9-17(15)27-19/h4-5,8-9H,6-7H2,1-3H3,(H,20,23)(H,21,22,25). The van der Waals surface area contributed by atoms with E-state index in [4.69, 9.17) is 0 Å². The van der Waals surface area contributed by atoms with Gasteiger partial charge in [0, 0.05) is 40.8 Å². The Morgan fingerprint density at radius 3 is 2.48 bits per heavy atom. The maximum atomic E-state index is 12.3. The molecule has 2 amide bonds. The van der Waals surface area contributed by atoms with Crippen molar-refractivity contribution in [2.75, 3.05) is 10.6 Å². The number of ketones is 1. The van der Waals surface area contributed by atoms with Gasteiger partial charge in [0.05, 0.1) is 10.2 Å². The van der Waals surface area contributed by atoms with Crippen molar-refractivity contribution < 1.29 is 14.4 Å². The van der Waals surface area contributed by atoms with Crippen molar-refractivity contribution in [1.82, 2.24) is 4.98 Å². The monoisotopic (exact) mass is 401 g/mol. The molecule has 0 aliphatic heterocycles. The number of fused-ring (bicyclic) bond motifs is 1. The topological polar surface area (TPSA) is 88.2 Å². The van der Waals surface area contributed by atoms with E-state index in [2.05, 4.69) is 15.6 Å². The molecule has 0 atom stereocenters. The van der Waals surface area contributed by atoms with Gasteiger partial charge in [0.1, 0.15) is 0 Å². The number of hydrogen-bond acceptors (Lipinski definition) is 6. The van der Waals surface area contributed by atoms with Crippen molar-refractivity contribution in [3.63, 3.8) is 0 Å². The average molecular weight is 402 g/mol. The molecule has 2 heterocycles. The molecule has 0 aliphatic rings. The van der Waals surface area contributed by atoms with Crippen LogP contribution in [0.1, 0.15) is 39.9 Å². The number of aromatic nitrogens is 1. The van der Waals surface area contributed by atoms with Gasteiger partial charge in [-0.15, -0.1) is 11.3 Å². The minimum Gasteiger partial charge on any atom is -0.326 e. The molecule has 140 valence electrons. The average Bonchev–Trinajstić information content (AvgIpc) is 3.13. The van der Waals surface area contributed by atoms with Crippen LogP contribution in [0.3, 0.4) is 0 Å². The predicted molar refractivity (Wildman–Crippen MR) is 110 cm³/mol. The highest BCUT2D eigenvalue weighted by molar-refractivity contribution is 7.22. The third kappa shape index (κ3) is 4.78. The highest BCUT2D eigenvalue weighted by Crippen LogP contribution is 2.28. The summed E-state index contributed by atoms with van der Waals surface area (Å²) in [6.07, 6.45) is 0.278. The first-order valence-corrected chi connectivity index (χ1v) is 10.0. The van der Waals surface area contributed by atoms with Crippen molar-refractivity contribution in [1.29, 1.82) is 0 Å². The third-order valence-electron chi connectivity index (χ3n) is 3.88. The van der Waals surface area contributed by atoms with Gasteiger partial charge < -0.3 is 10.6 Å². The molecular formula is C19H19N3O3S2. The summed E-state index contributed by atoms with van der Waals surface area (Å²) in [5.74, 6) is -0.404. The molecule has 1 aromatic carbocycles. The molecule has 8 heteroatoms. The molecule has 0 fully saturated rings. The van der Waals surface area contributed by atoms with E-state index in [0.717, 1.165) is 20.0 Å². The van der Waals surface area contributed by atoms with E-state index in [1.54, 1.807) is 23.5 Å². The third-order valence-corrected chi connectivity index (χ3v) is 5.78. The Kier molecular flexibility index (Phi) is 5.67. The number of aryl methyl sites for hydroxylation is 2. The van der Waals surface area contributed by atoms with E-state index < -0.39 is 0 Å². The number of anilines is 2. The molecule has 0 radical (unpaired) electrons. The van der Waals surface area contributed by atoms with E-state index in [9.17, 15) is 14.4 Å². The largest absolute Gasteiger partial charge is 0.326 e. The highest BCUT2D eigenvalue weighted by atomic mass is 32.1. The van der Waals surface area contributed by atoms with Crippen LogP contribution in [0.4, 0.5) is 10.8 Å². The van der Waals surface area contributed by atoms with Crippen LogP contribution in [0.2, 0.25) is 0 Å². The first-order chi connectivity index (χ1) is 12.8. The fourth-order valence-electron chi connectivity index (χ4n) is 2.71. The van der Waals surface area contributed by atoms with Gasteiger partial charge >= 0.3 is 0 Å². The number of nitrogens with zero attached hydrogens (tertiary/aromatic N) is 1. The Hall–Kier alpha value is -2.58. The van der Waals surface area contributed by atoms with E-state index >= 15 is 0 Å². The van der Waals surface area contributed by atoms with Crippen LogP contribution in [0, 0.1) is 13.8 Å². The molecule has 3 rings (SSSR count). The molecule has 0 bridgehead atoms. The number of nitrogens with one attached hydrogen (secondary N) is 2. The Bertz CT molecular complexity index is 1040. The second kappa shape index (κ2) is 7.98. The Labute approximate surface area is 164 Å². The van der Waals surface area contributed by atoms with Gasteiger partial charge in [-0.25, -0.2) is 4.98 Å². The van der Waals surface area contributed by atoms with E-state index in [-0.39, 0.29) is 30.4 Å². The number of carbonyl (C=O) groups is 3. The van der Waals surface area contributed by atoms with Crippen LogP contribution in [0.15, 0.2) is 24.3 Å². The number of thiophene rings is 1. The van der Waals surface area contributed by atoms with Gasteiger partial charge in [-0.1, -0.05) is 11.3 Å². The zero-order chi connectivity index (χ0) is 19.6. The highest BCUT2D eigenvalue weighted by Gasteiger charge is 2.15. The smallest absolute Gasteiger partial charge is 0.226 e. The van der Waals surface area contributed by atoms with Gasteiger partial charge in [-0.3, -0.25) is 14.4 Å². The van der Waals surface area contributed by atoms with Crippen LogP contribution >= 0.6 is 22.7 Å². The summed E-state index contributed by atoms with van der Waals surface area (Å²) in [6.45, 7) is 5.33. The first kappa shape index (κ1) is 19.2. The van der Waals surface area contributed by atoms with Crippen molar-refractivity contribution in [2.45, 2.75) is 33.6 Å². The molecule has 0 saturated carbocycles. The molecule has 6 nitrogen and oxygen atoms in total. The molecular weight excluding hydrogens is 382 g/mol. The molecule has 2 aromatic heterocycles.